The Morgan fingerprint density at radius 1 is 1.00 bits per heavy atom. The molecule has 1 heterocycles. The fourth-order valence-corrected chi connectivity index (χ4v) is 1.74. The Morgan fingerprint density at radius 3 is 2.50 bits per heavy atom. The molecule has 0 aliphatic carbocycles. The number of aromatic nitrogens is 1. The van der Waals surface area contributed by atoms with Gasteiger partial charge in [-0.25, -0.2) is 4.98 Å². The molecule has 0 saturated carbocycles. The highest BCUT2D eigenvalue weighted by Crippen LogP contribution is 2.31. The summed E-state index contributed by atoms with van der Waals surface area (Å²) in [6, 6.07) is 8.30. The topological polar surface area (TPSA) is 22.1 Å². The second-order valence-corrected chi connectivity index (χ2v) is 4.22. The molecule has 0 fully saturated rings. The van der Waals surface area contributed by atoms with E-state index in [0.29, 0.717) is 26.7 Å². The lowest BCUT2D eigenvalue weighted by Crippen LogP contribution is -1.86. The summed E-state index contributed by atoms with van der Waals surface area (Å²) in [6.45, 7) is 0. The van der Waals surface area contributed by atoms with E-state index >= 15 is 0 Å². The van der Waals surface area contributed by atoms with Crippen LogP contribution in [0.25, 0.3) is 0 Å². The number of benzene rings is 1. The van der Waals surface area contributed by atoms with Crippen LogP contribution in [0.5, 0.6) is 11.5 Å². The van der Waals surface area contributed by atoms with Gasteiger partial charge in [0.1, 0.15) is 16.7 Å². The molecule has 0 saturated heterocycles. The molecular formula is C11H6Cl3NO. The first-order valence-electron chi connectivity index (χ1n) is 4.39. The molecule has 2 rings (SSSR count). The van der Waals surface area contributed by atoms with E-state index in [1.807, 2.05) is 0 Å². The van der Waals surface area contributed by atoms with E-state index in [-0.39, 0.29) is 0 Å². The molecule has 5 heteroatoms. The van der Waals surface area contributed by atoms with Crippen LogP contribution in [0.4, 0.5) is 0 Å². The molecule has 0 radical (unpaired) electrons. The number of pyridine rings is 1. The Balaban J connectivity index is 2.27. The summed E-state index contributed by atoms with van der Waals surface area (Å²) in [6.07, 6.45) is 1.56. The van der Waals surface area contributed by atoms with Crippen LogP contribution in [0.2, 0.25) is 15.2 Å². The number of ether oxygens (including phenoxy) is 1. The van der Waals surface area contributed by atoms with Crippen molar-refractivity contribution >= 4 is 34.8 Å². The fraction of sp³-hybridized carbons (Fsp3) is 0. The van der Waals surface area contributed by atoms with E-state index in [9.17, 15) is 0 Å². The summed E-state index contributed by atoms with van der Waals surface area (Å²) in [5, 5.41) is 1.37. The lowest BCUT2D eigenvalue weighted by molar-refractivity contribution is 0.482. The van der Waals surface area contributed by atoms with Gasteiger partial charge in [-0.1, -0.05) is 34.8 Å². The smallest absolute Gasteiger partial charge is 0.146 e. The predicted molar refractivity (Wildman–Crippen MR) is 65.8 cm³/mol. The number of hydrogen-bond donors (Lipinski definition) is 0. The summed E-state index contributed by atoms with van der Waals surface area (Å²) in [4.78, 5) is 3.85. The Bertz CT molecular complexity index is 516. The van der Waals surface area contributed by atoms with Crippen molar-refractivity contribution in [2.45, 2.75) is 0 Å². The normalized spacial score (nSPS) is 10.2. The molecule has 82 valence electrons. The maximum absolute atomic E-state index is 5.96. The molecule has 16 heavy (non-hydrogen) atoms. The first kappa shape index (κ1) is 11.5. The second-order valence-electron chi connectivity index (χ2n) is 2.99. The van der Waals surface area contributed by atoms with E-state index in [4.69, 9.17) is 39.5 Å². The van der Waals surface area contributed by atoms with Gasteiger partial charge in [0.25, 0.3) is 0 Å². The first-order valence-corrected chi connectivity index (χ1v) is 5.53. The molecule has 0 aliphatic rings. The van der Waals surface area contributed by atoms with Gasteiger partial charge in [-0.15, -0.1) is 0 Å². The lowest BCUT2D eigenvalue weighted by Gasteiger charge is -2.07. The largest absolute Gasteiger partial charge is 0.456 e. The van der Waals surface area contributed by atoms with Gasteiger partial charge in [0, 0.05) is 17.3 Å². The third kappa shape index (κ3) is 2.79. The minimum Gasteiger partial charge on any atom is -0.456 e. The molecule has 2 nitrogen and oxygen atoms in total. The van der Waals surface area contributed by atoms with Gasteiger partial charge < -0.3 is 4.74 Å². The van der Waals surface area contributed by atoms with Crippen molar-refractivity contribution in [3.63, 3.8) is 0 Å². The fourth-order valence-electron chi connectivity index (χ4n) is 1.13. The molecule has 0 amide bonds. The zero-order valence-corrected chi connectivity index (χ0v) is 10.2. The Morgan fingerprint density at radius 2 is 1.81 bits per heavy atom. The highest BCUT2D eigenvalue weighted by Gasteiger charge is 2.04. The van der Waals surface area contributed by atoms with Crippen LogP contribution in [-0.4, -0.2) is 4.98 Å². The van der Waals surface area contributed by atoms with Crippen LogP contribution in [-0.2, 0) is 0 Å². The zero-order chi connectivity index (χ0) is 11.5. The van der Waals surface area contributed by atoms with Crippen LogP contribution >= 0.6 is 34.8 Å². The second kappa shape index (κ2) is 4.91. The molecule has 0 bridgehead atoms. The van der Waals surface area contributed by atoms with Gasteiger partial charge in [0.15, 0.2) is 0 Å². The third-order valence-electron chi connectivity index (χ3n) is 1.82. The average molecular weight is 275 g/mol. The van der Waals surface area contributed by atoms with Gasteiger partial charge in [-0.3, -0.25) is 0 Å². The number of nitrogens with zero attached hydrogens (tertiary/aromatic N) is 1. The molecule has 2 aromatic rings. The minimum atomic E-state index is 0.364. The first-order chi connectivity index (χ1) is 7.65. The van der Waals surface area contributed by atoms with Crippen LogP contribution < -0.4 is 4.74 Å². The van der Waals surface area contributed by atoms with Gasteiger partial charge >= 0.3 is 0 Å². The highest BCUT2D eigenvalue weighted by molar-refractivity contribution is 6.35. The summed E-state index contributed by atoms with van der Waals surface area (Å²) >= 11 is 17.5. The van der Waals surface area contributed by atoms with Gasteiger partial charge in [0.2, 0.25) is 0 Å². The molecule has 0 spiro atoms. The SMILES string of the molecule is Clc1ccc(Oc2ccnc(Cl)c2)c(Cl)c1. The maximum atomic E-state index is 5.96. The van der Waals surface area contributed by atoms with Crippen molar-refractivity contribution in [1.29, 1.82) is 0 Å². The third-order valence-corrected chi connectivity index (χ3v) is 2.56. The van der Waals surface area contributed by atoms with Crippen LogP contribution in [0.3, 0.4) is 0 Å². The van der Waals surface area contributed by atoms with Crippen molar-refractivity contribution in [3.8, 4) is 11.5 Å². The van der Waals surface area contributed by atoms with Crippen LogP contribution in [0.15, 0.2) is 36.5 Å². The maximum Gasteiger partial charge on any atom is 0.146 e. The quantitative estimate of drug-likeness (QED) is 0.731. The summed E-state index contributed by atoms with van der Waals surface area (Å²) < 4.78 is 5.53. The zero-order valence-electron chi connectivity index (χ0n) is 7.95. The molecule has 0 unspecified atom stereocenters. The van der Waals surface area contributed by atoms with E-state index in [0.717, 1.165) is 0 Å². The Hall–Kier alpha value is -0.960. The van der Waals surface area contributed by atoms with E-state index < -0.39 is 0 Å². The number of rotatable bonds is 2. The van der Waals surface area contributed by atoms with Crippen molar-refractivity contribution in [2.75, 3.05) is 0 Å². The summed E-state index contributed by atoms with van der Waals surface area (Å²) in [5.41, 5.74) is 0. The molecule has 0 N–H and O–H groups in total. The van der Waals surface area contributed by atoms with Gasteiger partial charge in [-0.05, 0) is 24.3 Å². The number of hydrogen-bond acceptors (Lipinski definition) is 2. The van der Waals surface area contributed by atoms with E-state index in [2.05, 4.69) is 4.98 Å². The van der Waals surface area contributed by atoms with Crippen molar-refractivity contribution in [3.05, 3.63) is 51.7 Å². The molecular weight excluding hydrogens is 268 g/mol. The average Bonchev–Trinajstić information content (AvgIpc) is 2.22. The summed E-state index contributed by atoms with van der Waals surface area (Å²) in [7, 11) is 0. The van der Waals surface area contributed by atoms with Crippen LogP contribution in [0.1, 0.15) is 0 Å². The lowest BCUT2D eigenvalue weighted by atomic mass is 10.3. The highest BCUT2D eigenvalue weighted by atomic mass is 35.5. The summed E-state index contributed by atoms with van der Waals surface area (Å²) in [5.74, 6) is 1.09. The Labute approximate surface area is 108 Å². The van der Waals surface area contributed by atoms with Crippen LogP contribution in [0, 0.1) is 0 Å². The van der Waals surface area contributed by atoms with Crippen molar-refractivity contribution in [1.82, 2.24) is 4.98 Å². The predicted octanol–water partition coefficient (Wildman–Crippen LogP) is 4.83. The monoisotopic (exact) mass is 273 g/mol. The van der Waals surface area contributed by atoms with E-state index in [1.165, 1.54) is 0 Å². The standard InChI is InChI=1S/C11H6Cl3NO/c12-7-1-2-10(9(13)5-7)16-8-3-4-15-11(14)6-8/h1-6H. The molecule has 0 aliphatic heterocycles. The molecule has 1 aromatic heterocycles. The molecule has 0 atom stereocenters. The van der Waals surface area contributed by atoms with Crippen molar-refractivity contribution in [2.24, 2.45) is 0 Å². The Kier molecular flexibility index (Phi) is 3.54. The van der Waals surface area contributed by atoms with E-state index in [1.54, 1.807) is 36.5 Å². The molecule has 1 aromatic carbocycles. The minimum absolute atomic E-state index is 0.364. The van der Waals surface area contributed by atoms with Gasteiger partial charge in [0.05, 0.1) is 5.02 Å². The van der Waals surface area contributed by atoms with Gasteiger partial charge in [-0.2, -0.15) is 0 Å². The van der Waals surface area contributed by atoms with Crippen molar-refractivity contribution < 1.29 is 4.74 Å². The number of halogens is 3.